The fraction of sp³-hybridized carbons (Fsp3) is 0.100. The van der Waals surface area contributed by atoms with Gasteiger partial charge in [-0.05, 0) is 42.0 Å². The molecule has 0 saturated carbocycles. The van der Waals surface area contributed by atoms with Gasteiger partial charge in [-0.25, -0.2) is 9.78 Å². The summed E-state index contributed by atoms with van der Waals surface area (Å²) in [5.74, 6) is 0.192. The Labute approximate surface area is 138 Å². The molecule has 0 spiro atoms. The Hall–Kier alpha value is -3.14. The number of esters is 1. The van der Waals surface area contributed by atoms with Crippen molar-refractivity contribution in [3.63, 3.8) is 0 Å². The molecule has 4 aromatic rings. The van der Waals surface area contributed by atoms with E-state index >= 15 is 0 Å². The minimum absolute atomic E-state index is 0.344. The number of benzene rings is 3. The molecule has 118 valence electrons. The van der Waals surface area contributed by atoms with Crippen molar-refractivity contribution >= 4 is 27.8 Å². The lowest BCUT2D eigenvalue weighted by molar-refractivity contribution is 0.0526. The molecule has 0 radical (unpaired) electrons. The number of rotatable bonds is 3. The van der Waals surface area contributed by atoms with Crippen molar-refractivity contribution in [2.24, 2.45) is 0 Å². The molecule has 24 heavy (non-hydrogen) atoms. The van der Waals surface area contributed by atoms with Crippen molar-refractivity contribution < 1.29 is 13.9 Å². The number of hydrogen-bond acceptors (Lipinski definition) is 4. The summed E-state index contributed by atoms with van der Waals surface area (Å²) in [5.41, 5.74) is 2.69. The SMILES string of the molecule is CCOC(=O)c1ccc2oc(-c3cccc4ccccc34)nc2c1. The molecule has 4 nitrogen and oxygen atoms in total. The van der Waals surface area contributed by atoms with E-state index in [1.807, 2.05) is 30.3 Å². The fourth-order valence-corrected chi connectivity index (χ4v) is 2.80. The van der Waals surface area contributed by atoms with Gasteiger partial charge in [-0.3, -0.25) is 0 Å². The highest BCUT2D eigenvalue weighted by Crippen LogP contribution is 2.30. The van der Waals surface area contributed by atoms with Crippen LogP contribution < -0.4 is 0 Å². The molecule has 0 N–H and O–H groups in total. The molecular formula is C20H15NO3. The standard InChI is InChI=1S/C20H15NO3/c1-2-23-20(22)14-10-11-18-17(12-14)21-19(24-18)16-9-5-7-13-6-3-4-8-15(13)16/h3-12H,2H2,1H3. The van der Waals surface area contributed by atoms with Crippen LogP contribution in [0.2, 0.25) is 0 Å². The first-order valence-corrected chi connectivity index (χ1v) is 7.82. The summed E-state index contributed by atoms with van der Waals surface area (Å²) in [4.78, 5) is 16.4. The average molecular weight is 317 g/mol. The van der Waals surface area contributed by atoms with Crippen LogP contribution in [0.25, 0.3) is 33.3 Å². The van der Waals surface area contributed by atoms with Crippen LogP contribution in [0.3, 0.4) is 0 Å². The van der Waals surface area contributed by atoms with Crippen LogP contribution in [0.15, 0.2) is 65.1 Å². The number of aromatic nitrogens is 1. The highest BCUT2D eigenvalue weighted by Gasteiger charge is 2.14. The van der Waals surface area contributed by atoms with Crippen LogP contribution in [-0.4, -0.2) is 17.6 Å². The average Bonchev–Trinajstić information content (AvgIpc) is 3.04. The van der Waals surface area contributed by atoms with Gasteiger partial charge in [-0.15, -0.1) is 0 Å². The van der Waals surface area contributed by atoms with E-state index in [0.717, 1.165) is 16.3 Å². The highest BCUT2D eigenvalue weighted by atomic mass is 16.5. The summed E-state index contributed by atoms with van der Waals surface area (Å²) >= 11 is 0. The van der Waals surface area contributed by atoms with E-state index in [2.05, 4.69) is 17.1 Å². The Bertz CT molecular complexity index is 1040. The fourth-order valence-electron chi connectivity index (χ4n) is 2.80. The van der Waals surface area contributed by atoms with Gasteiger partial charge in [0.05, 0.1) is 12.2 Å². The van der Waals surface area contributed by atoms with Gasteiger partial charge < -0.3 is 9.15 Å². The summed E-state index contributed by atoms with van der Waals surface area (Å²) < 4.78 is 10.9. The zero-order valence-corrected chi connectivity index (χ0v) is 13.2. The normalized spacial score (nSPS) is 11.0. The van der Waals surface area contributed by atoms with Crippen LogP contribution in [0, 0.1) is 0 Å². The first-order valence-electron chi connectivity index (χ1n) is 7.82. The first-order chi connectivity index (χ1) is 11.8. The van der Waals surface area contributed by atoms with Crippen LogP contribution in [0.5, 0.6) is 0 Å². The second-order valence-corrected chi connectivity index (χ2v) is 5.45. The lowest BCUT2D eigenvalue weighted by atomic mass is 10.0. The monoisotopic (exact) mass is 317 g/mol. The van der Waals surface area contributed by atoms with Crippen molar-refractivity contribution in [2.45, 2.75) is 6.92 Å². The van der Waals surface area contributed by atoms with E-state index in [-0.39, 0.29) is 5.97 Å². The number of carbonyl (C=O) groups is 1. The van der Waals surface area contributed by atoms with Crippen molar-refractivity contribution in [3.05, 3.63) is 66.2 Å². The van der Waals surface area contributed by atoms with Gasteiger partial charge >= 0.3 is 5.97 Å². The number of hydrogen-bond donors (Lipinski definition) is 0. The maximum Gasteiger partial charge on any atom is 0.338 e. The minimum atomic E-state index is -0.353. The number of carbonyl (C=O) groups excluding carboxylic acids is 1. The number of nitrogens with zero attached hydrogens (tertiary/aromatic N) is 1. The highest BCUT2D eigenvalue weighted by molar-refractivity contribution is 5.97. The van der Waals surface area contributed by atoms with E-state index in [0.29, 0.717) is 29.2 Å². The molecule has 1 heterocycles. The summed E-state index contributed by atoms with van der Waals surface area (Å²) in [6.07, 6.45) is 0. The first kappa shape index (κ1) is 14.5. The summed E-state index contributed by atoms with van der Waals surface area (Å²) in [6, 6.07) is 19.3. The second kappa shape index (κ2) is 5.81. The van der Waals surface area contributed by atoms with Gasteiger partial charge in [0.15, 0.2) is 5.58 Å². The van der Waals surface area contributed by atoms with Crippen LogP contribution >= 0.6 is 0 Å². The zero-order valence-electron chi connectivity index (χ0n) is 13.2. The van der Waals surface area contributed by atoms with Crippen molar-refractivity contribution in [1.29, 1.82) is 0 Å². The zero-order chi connectivity index (χ0) is 16.5. The Balaban J connectivity index is 1.84. The Kier molecular flexibility index (Phi) is 3.50. The van der Waals surface area contributed by atoms with Crippen LogP contribution in [0.1, 0.15) is 17.3 Å². The molecule has 0 aliphatic heterocycles. The molecule has 0 aliphatic rings. The largest absolute Gasteiger partial charge is 0.462 e. The smallest absolute Gasteiger partial charge is 0.338 e. The lowest BCUT2D eigenvalue weighted by Crippen LogP contribution is -2.03. The van der Waals surface area contributed by atoms with Crippen molar-refractivity contribution in [2.75, 3.05) is 6.61 Å². The van der Waals surface area contributed by atoms with E-state index in [1.54, 1.807) is 25.1 Å². The molecule has 0 atom stereocenters. The lowest BCUT2D eigenvalue weighted by Gasteiger charge is -2.01. The van der Waals surface area contributed by atoms with Gasteiger partial charge in [0.1, 0.15) is 5.52 Å². The maximum atomic E-state index is 11.9. The third-order valence-electron chi connectivity index (χ3n) is 3.92. The molecule has 4 rings (SSSR count). The molecule has 1 aromatic heterocycles. The molecule has 0 aliphatic carbocycles. The Morgan fingerprint density at radius 1 is 1.08 bits per heavy atom. The number of ether oxygens (including phenoxy) is 1. The molecule has 0 unspecified atom stereocenters. The van der Waals surface area contributed by atoms with Gasteiger partial charge in [0.2, 0.25) is 5.89 Å². The molecule has 4 heteroatoms. The van der Waals surface area contributed by atoms with Crippen LogP contribution in [-0.2, 0) is 4.74 Å². The molecule has 0 fully saturated rings. The number of oxazole rings is 1. The molecule has 0 amide bonds. The van der Waals surface area contributed by atoms with Gasteiger partial charge in [0.25, 0.3) is 0 Å². The second-order valence-electron chi connectivity index (χ2n) is 5.45. The maximum absolute atomic E-state index is 11.9. The van der Waals surface area contributed by atoms with E-state index in [4.69, 9.17) is 9.15 Å². The topological polar surface area (TPSA) is 52.3 Å². The predicted octanol–water partition coefficient (Wildman–Crippen LogP) is 4.82. The quantitative estimate of drug-likeness (QED) is 0.508. The van der Waals surface area contributed by atoms with E-state index in [1.165, 1.54) is 0 Å². The third kappa shape index (κ3) is 2.42. The minimum Gasteiger partial charge on any atom is -0.462 e. The van der Waals surface area contributed by atoms with E-state index in [9.17, 15) is 4.79 Å². The van der Waals surface area contributed by atoms with Crippen molar-refractivity contribution in [1.82, 2.24) is 4.98 Å². The number of fused-ring (bicyclic) bond motifs is 2. The summed E-state index contributed by atoms with van der Waals surface area (Å²) in [5, 5.41) is 2.21. The summed E-state index contributed by atoms with van der Waals surface area (Å²) in [7, 11) is 0. The molecule has 3 aromatic carbocycles. The van der Waals surface area contributed by atoms with Gasteiger partial charge in [-0.2, -0.15) is 0 Å². The Morgan fingerprint density at radius 3 is 2.79 bits per heavy atom. The molecule has 0 bridgehead atoms. The Morgan fingerprint density at radius 2 is 1.92 bits per heavy atom. The molecular weight excluding hydrogens is 302 g/mol. The van der Waals surface area contributed by atoms with Gasteiger partial charge in [0, 0.05) is 5.56 Å². The molecule has 0 saturated heterocycles. The predicted molar refractivity (Wildman–Crippen MR) is 92.9 cm³/mol. The van der Waals surface area contributed by atoms with Gasteiger partial charge in [-0.1, -0.05) is 36.4 Å². The third-order valence-corrected chi connectivity index (χ3v) is 3.92. The van der Waals surface area contributed by atoms with Crippen molar-refractivity contribution in [3.8, 4) is 11.5 Å². The van der Waals surface area contributed by atoms with Crippen LogP contribution in [0.4, 0.5) is 0 Å². The van der Waals surface area contributed by atoms with E-state index < -0.39 is 0 Å². The summed E-state index contributed by atoms with van der Waals surface area (Å²) in [6.45, 7) is 2.13.